The van der Waals surface area contributed by atoms with Gasteiger partial charge >= 0.3 is 0 Å². The van der Waals surface area contributed by atoms with Crippen molar-refractivity contribution in [2.45, 2.75) is 12.1 Å². The number of hydrogen-bond acceptors (Lipinski definition) is 5. The molecule has 0 saturated heterocycles. The molecule has 6 heteroatoms. The van der Waals surface area contributed by atoms with Gasteiger partial charge in [0.25, 0.3) is 0 Å². The third kappa shape index (κ3) is 2.10. The number of nitrogen functional groups attached to an aromatic ring is 1. The molecule has 0 aromatic carbocycles. The van der Waals surface area contributed by atoms with Crippen LogP contribution in [0, 0.1) is 0 Å². The lowest BCUT2D eigenvalue weighted by molar-refractivity contribution is -0.114. The molecule has 0 radical (unpaired) electrons. The second-order valence-electron chi connectivity index (χ2n) is 3.16. The van der Waals surface area contributed by atoms with Crippen molar-refractivity contribution in [3.8, 4) is 0 Å². The summed E-state index contributed by atoms with van der Waals surface area (Å²) >= 11 is 1.36. The van der Waals surface area contributed by atoms with Crippen molar-refractivity contribution in [3.05, 3.63) is 18.3 Å². The second kappa shape index (κ2) is 3.90. The van der Waals surface area contributed by atoms with Gasteiger partial charge in [-0.15, -0.1) is 10.2 Å². The van der Waals surface area contributed by atoms with Crippen LogP contribution in [0.3, 0.4) is 0 Å². The van der Waals surface area contributed by atoms with Gasteiger partial charge in [0, 0.05) is 11.9 Å². The van der Waals surface area contributed by atoms with Crippen molar-refractivity contribution in [3.63, 3.8) is 0 Å². The Bertz CT molecular complexity index is 508. The molecule has 2 rings (SSSR count). The van der Waals surface area contributed by atoms with Gasteiger partial charge < -0.3 is 5.73 Å². The van der Waals surface area contributed by atoms with E-state index < -0.39 is 0 Å². The van der Waals surface area contributed by atoms with Crippen LogP contribution < -0.4 is 5.73 Å². The van der Waals surface area contributed by atoms with Crippen LogP contribution in [0.2, 0.25) is 0 Å². The molecular formula is C9H10N4OS. The molecule has 15 heavy (non-hydrogen) atoms. The number of carbonyl (C=O) groups excluding carboxylic acids is 1. The predicted molar refractivity (Wildman–Crippen MR) is 58.8 cm³/mol. The predicted octanol–water partition coefficient (Wildman–Crippen LogP) is 0.993. The number of ketones is 1. The van der Waals surface area contributed by atoms with E-state index in [1.165, 1.54) is 11.8 Å². The summed E-state index contributed by atoms with van der Waals surface area (Å²) in [6.07, 6.45) is 1.75. The third-order valence-corrected chi connectivity index (χ3v) is 2.89. The highest BCUT2D eigenvalue weighted by Crippen LogP contribution is 2.17. The Morgan fingerprint density at radius 2 is 2.33 bits per heavy atom. The first-order valence-electron chi connectivity index (χ1n) is 4.39. The summed E-state index contributed by atoms with van der Waals surface area (Å²) in [6.45, 7) is 1.55. The van der Waals surface area contributed by atoms with Gasteiger partial charge in [-0.1, -0.05) is 11.8 Å². The van der Waals surface area contributed by atoms with Crippen molar-refractivity contribution in [1.29, 1.82) is 0 Å². The molecule has 0 fully saturated rings. The summed E-state index contributed by atoms with van der Waals surface area (Å²) in [5.74, 6) is 0.510. The van der Waals surface area contributed by atoms with E-state index >= 15 is 0 Å². The molecule has 0 saturated carbocycles. The van der Waals surface area contributed by atoms with Crippen LogP contribution in [0.5, 0.6) is 0 Å². The zero-order valence-electron chi connectivity index (χ0n) is 8.17. The number of anilines is 1. The van der Waals surface area contributed by atoms with E-state index in [9.17, 15) is 4.79 Å². The molecule has 0 aliphatic heterocycles. The fourth-order valence-electron chi connectivity index (χ4n) is 1.15. The molecule has 0 aliphatic carbocycles. The van der Waals surface area contributed by atoms with Gasteiger partial charge in [-0.05, 0) is 19.1 Å². The Kier molecular flexibility index (Phi) is 2.59. The summed E-state index contributed by atoms with van der Waals surface area (Å²) < 4.78 is 1.78. The van der Waals surface area contributed by atoms with Crippen LogP contribution in [0.25, 0.3) is 5.65 Å². The van der Waals surface area contributed by atoms with Crippen LogP contribution in [-0.4, -0.2) is 26.1 Å². The standard InChI is InChI=1S/C9H10N4OS/c1-6(14)5-15-9-12-11-8-3-2-7(10)4-13(8)9/h2-4H,5,10H2,1H3. The van der Waals surface area contributed by atoms with Crippen LogP contribution >= 0.6 is 11.8 Å². The Hall–Kier alpha value is -1.56. The minimum atomic E-state index is 0.112. The van der Waals surface area contributed by atoms with E-state index in [4.69, 9.17) is 5.73 Å². The van der Waals surface area contributed by atoms with Gasteiger partial charge in [0.15, 0.2) is 10.8 Å². The first-order chi connectivity index (χ1) is 7.16. The lowest BCUT2D eigenvalue weighted by Gasteiger charge is -1.98. The number of nitrogens with zero attached hydrogens (tertiary/aromatic N) is 3. The summed E-state index contributed by atoms with van der Waals surface area (Å²) in [6, 6.07) is 3.56. The fraction of sp³-hybridized carbons (Fsp3) is 0.222. The van der Waals surface area contributed by atoms with Crippen LogP contribution in [-0.2, 0) is 4.79 Å². The van der Waals surface area contributed by atoms with Gasteiger partial charge in [-0.2, -0.15) is 0 Å². The maximum atomic E-state index is 10.8. The highest BCUT2D eigenvalue weighted by molar-refractivity contribution is 7.99. The van der Waals surface area contributed by atoms with E-state index in [-0.39, 0.29) is 5.78 Å². The SMILES string of the molecule is CC(=O)CSc1nnc2ccc(N)cn12. The zero-order valence-corrected chi connectivity index (χ0v) is 8.99. The summed E-state index contributed by atoms with van der Waals surface area (Å²) in [4.78, 5) is 10.8. The first-order valence-corrected chi connectivity index (χ1v) is 5.38. The molecule has 78 valence electrons. The normalized spacial score (nSPS) is 10.7. The van der Waals surface area contributed by atoms with Gasteiger partial charge in [-0.25, -0.2) is 0 Å². The molecule has 5 nitrogen and oxygen atoms in total. The van der Waals surface area contributed by atoms with E-state index in [1.54, 1.807) is 29.7 Å². The third-order valence-electron chi connectivity index (χ3n) is 1.80. The van der Waals surface area contributed by atoms with Crippen LogP contribution in [0.1, 0.15) is 6.92 Å². The van der Waals surface area contributed by atoms with Crippen molar-refractivity contribution in [1.82, 2.24) is 14.6 Å². The number of aromatic nitrogens is 3. The molecule has 0 spiro atoms. The number of hydrogen-bond donors (Lipinski definition) is 1. The number of nitrogens with two attached hydrogens (primary N) is 1. The highest BCUT2D eigenvalue weighted by atomic mass is 32.2. The number of pyridine rings is 1. The fourth-order valence-corrected chi connectivity index (χ4v) is 1.87. The Labute approximate surface area is 90.7 Å². The average Bonchev–Trinajstić information content (AvgIpc) is 2.57. The van der Waals surface area contributed by atoms with E-state index in [0.29, 0.717) is 16.6 Å². The first kappa shape index (κ1) is 9.97. The van der Waals surface area contributed by atoms with Gasteiger partial charge in [0.05, 0.1) is 5.75 Å². The Morgan fingerprint density at radius 1 is 1.53 bits per heavy atom. The van der Waals surface area contributed by atoms with E-state index in [2.05, 4.69) is 10.2 Å². The van der Waals surface area contributed by atoms with Crippen molar-refractivity contribution in [2.75, 3.05) is 11.5 Å². The minimum Gasteiger partial charge on any atom is -0.398 e. The molecule has 0 aliphatic rings. The second-order valence-corrected chi connectivity index (χ2v) is 4.11. The Morgan fingerprint density at radius 3 is 3.07 bits per heavy atom. The molecule has 0 amide bonds. The smallest absolute Gasteiger partial charge is 0.196 e. The number of rotatable bonds is 3. The van der Waals surface area contributed by atoms with Crippen molar-refractivity contribution >= 4 is 28.9 Å². The molecular weight excluding hydrogens is 212 g/mol. The van der Waals surface area contributed by atoms with E-state index in [0.717, 1.165) is 5.65 Å². The highest BCUT2D eigenvalue weighted by Gasteiger charge is 2.06. The molecule has 0 bridgehead atoms. The van der Waals surface area contributed by atoms with Crippen LogP contribution in [0.4, 0.5) is 5.69 Å². The molecule has 2 heterocycles. The lowest BCUT2D eigenvalue weighted by Crippen LogP contribution is -1.96. The van der Waals surface area contributed by atoms with Gasteiger partial charge in [-0.3, -0.25) is 9.20 Å². The average molecular weight is 222 g/mol. The molecule has 2 N–H and O–H groups in total. The van der Waals surface area contributed by atoms with Crippen molar-refractivity contribution < 1.29 is 4.79 Å². The topological polar surface area (TPSA) is 73.3 Å². The zero-order chi connectivity index (χ0) is 10.8. The number of Topliss-reactive ketones (excluding diaryl/α,β-unsaturated/α-hetero) is 1. The maximum absolute atomic E-state index is 10.8. The number of fused-ring (bicyclic) bond motifs is 1. The molecule has 0 atom stereocenters. The van der Waals surface area contributed by atoms with Crippen molar-refractivity contribution in [2.24, 2.45) is 0 Å². The summed E-state index contributed by atoms with van der Waals surface area (Å²) in [5, 5.41) is 8.63. The molecule has 0 unspecified atom stereocenters. The lowest BCUT2D eigenvalue weighted by atomic mass is 10.4. The van der Waals surface area contributed by atoms with E-state index in [1.807, 2.05) is 0 Å². The largest absolute Gasteiger partial charge is 0.398 e. The maximum Gasteiger partial charge on any atom is 0.196 e. The molecule has 2 aromatic rings. The monoisotopic (exact) mass is 222 g/mol. The quantitative estimate of drug-likeness (QED) is 0.784. The minimum absolute atomic E-state index is 0.112. The number of carbonyl (C=O) groups is 1. The summed E-state index contributed by atoms with van der Waals surface area (Å²) in [5.41, 5.74) is 7.03. The van der Waals surface area contributed by atoms with Crippen LogP contribution in [0.15, 0.2) is 23.5 Å². The Balaban J connectivity index is 2.35. The summed E-state index contributed by atoms with van der Waals surface area (Å²) in [7, 11) is 0. The van der Waals surface area contributed by atoms with Gasteiger partial charge in [0.2, 0.25) is 0 Å². The molecule has 2 aromatic heterocycles. The number of thioether (sulfide) groups is 1. The van der Waals surface area contributed by atoms with Gasteiger partial charge in [0.1, 0.15) is 5.78 Å².